The Morgan fingerprint density at radius 1 is 0.373 bits per heavy atom. The van der Waals surface area contributed by atoms with Gasteiger partial charge in [0, 0.05) is 56.1 Å². The molecule has 0 aliphatic rings. The number of anilines is 3. The number of fused-ring (bicyclic) bond motifs is 8. The van der Waals surface area contributed by atoms with Gasteiger partial charge in [-0.15, -0.1) is 0 Å². The summed E-state index contributed by atoms with van der Waals surface area (Å²) < 4.78 is 12.2. The first-order valence-electron chi connectivity index (χ1n) is 19.7. The molecule has 0 spiro atoms. The molecule has 0 radical (unpaired) electrons. The minimum absolute atomic E-state index is 0.597. The van der Waals surface area contributed by atoms with Gasteiger partial charge in [-0.3, -0.25) is 4.98 Å². The fraction of sp³-hybridized carbons (Fsp3) is 0. The minimum Gasteiger partial charge on any atom is -0.438 e. The number of benzene rings is 8. The van der Waals surface area contributed by atoms with E-state index in [0.717, 1.165) is 83.4 Å². The molecule has 6 heteroatoms. The lowest BCUT2D eigenvalue weighted by molar-refractivity contribution is 0.620. The van der Waals surface area contributed by atoms with E-state index >= 15 is 0 Å². The van der Waals surface area contributed by atoms with Gasteiger partial charge in [0.15, 0.2) is 5.58 Å². The van der Waals surface area contributed by atoms with E-state index in [4.69, 9.17) is 23.8 Å². The van der Waals surface area contributed by atoms with Crippen molar-refractivity contribution in [3.8, 4) is 34.0 Å². The van der Waals surface area contributed by atoms with Crippen molar-refractivity contribution in [1.29, 1.82) is 0 Å². The summed E-state index contributed by atoms with van der Waals surface area (Å²) in [5, 5.41) is 9.13. The van der Waals surface area contributed by atoms with Crippen LogP contribution >= 0.6 is 0 Å². The van der Waals surface area contributed by atoms with Gasteiger partial charge < -0.3 is 13.7 Å². The lowest BCUT2D eigenvalue weighted by Gasteiger charge is -2.26. The zero-order valence-corrected chi connectivity index (χ0v) is 31.6. The molecule has 0 unspecified atom stereocenters. The first-order chi connectivity index (χ1) is 29.2. The minimum atomic E-state index is 0.597. The van der Waals surface area contributed by atoms with E-state index in [0.29, 0.717) is 11.6 Å². The van der Waals surface area contributed by atoms with E-state index in [2.05, 4.69) is 144 Å². The third-order valence-corrected chi connectivity index (χ3v) is 11.3. The molecule has 0 aliphatic heterocycles. The van der Waals surface area contributed by atoms with Crippen LogP contribution in [0.2, 0.25) is 0 Å². The number of hydrogen-bond donors (Lipinski definition) is 0. The predicted molar refractivity (Wildman–Crippen MR) is 240 cm³/mol. The van der Waals surface area contributed by atoms with Crippen LogP contribution in [0.1, 0.15) is 0 Å². The van der Waals surface area contributed by atoms with Gasteiger partial charge in [0.25, 0.3) is 0 Å². The second-order valence-corrected chi connectivity index (χ2v) is 14.9. The maximum atomic E-state index is 6.12. The molecule has 4 heterocycles. The predicted octanol–water partition coefficient (Wildman–Crippen LogP) is 14.4. The number of oxazole rings is 1. The molecule has 0 aliphatic carbocycles. The number of hydrogen-bond acceptors (Lipinski definition) is 6. The van der Waals surface area contributed by atoms with E-state index < -0.39 is 0 Å². The van der Waals surface area contributed by atoms with Crippen molar-refractivity contribution in [2.75, 3.05) is 4.90 Å². The summed E-state index contributed by atoms with van der Waals surface area (Å²) in [6.07, 6.45) is 1.96. The molecule has 12 rings (SSSR count). The highest BCUT2D eigenvalue weighted by atomic mass is 16.3. The van der Waals surface area contributed by atoms with Crippen molar-refractivity contribution in [1.82, 2.24) is 15.0 Å². The molecule has 0 bridgehead atoms. The average Bonchev–Trinajstić information content (AvgIpc) is 3.91. The van der Waals surface area contributed by atoms with Crippen LogP contribution in [0.25, 0.3) is 99.5 Å². The third kappa shape index (κ3) is 5.69. The van der Waals surface area contributed by atoms with Crippen molar-refractivity contribution < 1.29 is 8.83 Å². The van der Waals surface area contributed by atoms with Gasteiger partial charge in [-0.05, 0) is 118 Å². The van der Waals surface area contributed by atoms with Crippen molar-refractivity contribution >= 4 is 82.5 Å². The maximum absolute atomic E-state index is 6.12. The normalized spacial score (nSPS) is 11.7. The molecule has 0 saturated carbocycles. The molecule has 0 fully saturated rings. The van der Waals surface area contributed by atoms with Crippen LogP contribution in [0.3, 0.4) is 0 Å². The van der Waals surface area contributed by atoms with Crippen molar-refractivity contribution in [2.45, 2.75) is 0 Å². The quantitative estimate of drug-likeness (QED) is 0.157. The molecule has 4 aromatic heterocycles. The smallest absolute Gasteiger partial charge is 0.227 e. The fourth-order valence-electron chi connectivity index (χ4n) is 8.34. The van der Waals surface area contributed by atoms with Gasteiger partial charge in [0.05, 0.1) is 11.4 Å². The largest absolute Gasteiger partial charge is 0.438 e. The third-order valence-electron chi connectivity index (χ3n) is 11.3. The monoisotopic (exact) mass is 756 g/mol. The summed E-state index contributed by atoms with van der Waals surface area (Å²) in [6.45, 7) is 0. The zero-order chi connectivity index (χ0) is 38.9. The Labute approximate surface area is 338 Å². The summed E-state index contributed by atoms with van der Waals surface area (Å²) in [4.78, 5) is 16.7. The molecule has 0 atom stereocenters. The lowest BCUT2D eigenvalue weighted by Crippen LogP contribution is -2.10. The Morgan fingerprint density at radius 3 is 1.83 bits per heavy atom. The van der Waals surface area contributed by atoms with E-state index in [1.807, 2.05) is 54.7 Å². The van der Waals surface area contributed by atoms with E-state index in [9.17, 15) is 0 Å². The first kappa shape index (κ1) is 33.1. The molecular weight excluding hydrogens is 725 g/mol. The van der Waals surface area contributed by atoms with Gasteiger partial charge in [0.2, 0.25) is 11.6 Å². The topological polar surface area (TPSA) is 68.2 Å². The van der Waals surface area contributed by atoms with Crippen LogP contribution in [0.5, 0.6) is 0 Å². The summed E-state index contributed by atoms with van der Waals surface area (Å²) in [5.74, 6) is 0.597. The van der Waals surface area contributed by atoms with Crippen LogP contribution < -0.4 is 4.90 Å². The summed E-state index contributed by atoms with van der Waals surface area (Å²) in [6, 6.07) is 65.4. The SMILES string of the molecule is c1ccc2cc(-c3ccc4c(ccc5cc(N(c6ccc(-c7ccc8c(n7)oc7ccccc78)cc6)c6ccc(-c7nc8ccccc8o7)cc6)ccc54)c3)ncc2c1. The van der Waals surface area contributed by atoms with Gasteiger partial charge >= 0.3 is 0 Å². The Balaban J connectivity index is 0.929. The fourth-order valence-corrected chi connectivity index (χ4v) is 8.34. The van der Waals surface area contributed by atoms with Gasteiger partial charge in [0.1, 0.15) is 11.1 Å². The van der Waals surface area contributed by atoms with Crippen molar-refractivity contribution in [2.24, 2.45) is 0 Å². The average molecular weight is 757 g/mol. The zero-order valence-electron chi connectivity index (χ0n) is 31.6. The molecule has 0 amide bonds. The van der Waals surface area contributed by atoms with Crippen LogP contribution in [-0.2, 0) is 0 Å². The molecular formula is C53H32N4O2. The summed E-state index contributed by atoms with van der Waals surface area (Å²) in [7, 11) is 0. The molecule has 0 saturated heterocycles. The van der Waals surface area contributed by atoms with Crippen LogP contribution in [0, 0.1) is 0 Å². The number of para-hydroxylation sites is 3. The van der Waals surface area contributed by atoms with Crippen LogP contribution in [-0.4, -0.2) is 15.0 Å². The van der Waals surface area contributed by atoms with E-state index in [-0.39, 0.29) is 0 Å². The van der Waals surface area contributed by atoms with E-state index in [1.165, 1.54) is 21.5 Å². The Bertz CT molecular complexity index is 3540. The highest BCUT2D eigenvalue weighted by Crippen LogP contribution is 2.40. The Hall–Kier alpha value is -8.09. The second kappa shape index (κ2) is 13.3. The number of furan rings is 1. The lowest BCUT2D eigenvalue weighted by atomic mass is 9.98. The van der Waals surface area contributed by atoms with Crippen LogP contribution in [0.4, 0.5) is 17.1 Å². The van der Waals surface area contributed by atoms with Crippen molar-refractivity contribution in [3.63, 3.8) is 0 Å². The molecule has 0 N–H and O–H groups in total. The number of aromatic nitrogens is 3. The van der Waals surface area contributed by atoms with Crippen molar-refractivity contribution in [3.05, 3.63) is 194 Å². The number of pyridine rings is 2. The van der Waals surface area contributed by atoms with Gasteiger partial charge in [-0.1, -0.05) is 97.1 Å². The second-order valence-electron chi connectivity index (χ2n) is 14.9. The Kier molecular flexibility index (Phi) is 7.43. The maximum Gasteiger partial charge on any atom is 0.227 e. The molecule has 12 aromatic rings. The highest BCUT2D eigenvalue weighted by Gasteiger charge is 2.17. The molecule has 59 heavy (non-hydrogen) atoms. The standard InChI is InChI=1S/C53H32N4O2/c1-2-8-39-32-54-49(31-35(39)7-1)38-19-25-43-36(29-38)13-14-37-30-42(24-26-44(37)43)57(41-22-17-34(18-23-41)52-56-48-10-4-6-12-51(48)59-52)40-20-15-33(16-21-40)47-28-27-46-45-9-3-5-11-50(45)58-53(46)55-47/h1-32H. The van der Waals surface area contributed by atoms with Gasteiger partial charge in [-0.2, -0.15) is 0 Å². The molecule has 6 nitrogen and oxygen atoms in total. The summed E-state index contributed by atoms with van der Waals surface area (Å²) in [5.41, 5.74) is 11.0. The summed E-state index contributed by atoms with van der Waals surface area (Å²) >= 11 is 0. The van der Waals surface area contributed by atoms with Gasteiger partial charge in [-0.25, -0.2) is 9.97 Å². The number of nitrogens with zero attached hydrogens (tertiary/aromatic N) is 4. The highest BCUT2D eigenvalue weighted by molar-refractivity contribution is 6.10. The molecule has 276 valence electrons. The number of rotatable bonds is 6. The van der Waals surface area contributed by atoms with Crippen LogP contribution in [0.15, 0.2) is 203 Å². The first-order valence-corrected chi connectivity index (χ1v) is 19.7. The molecule has 8 aromatic carbocycles. The Morgan fingerprint density at radius 2 is 1.02 bits per heavy atom. The van der Waals surface area contributed by atoms with E-state index in [1.54, 1.807) is 0 Å².